The largest absolute Gasteiger partial charge is 0.273 e. The number of hydrogen-bond acceptors (Lipinski definition) is 4. The van der Waals surface area contributed by atoms with Crippen LogP contribution in [0.15, 0.2) is 46.8 Å². The van der Waals surface area contributed by atoms with Gasteiger partial charge in [-0.1, -0.05) is 30.3 Å². The van der Waals surface area contributed by atoms with Crippen LogP contribution in [0.25, 0.3) is 11.3 Å². The van der Waals surface area contributed by atoms with Gasteiger partial charge in [0.15, 0.2) is 5.66 Å². The molecule has 2 heterocycles. The standard InChI is InChI=1S/C18H19N5O/c1-3-4-11-18(21-22-18)12-10-17(24)20-23-13-16(19-14(23)2)15-8-6-5-7-9-15/h1,5-9,13H,4,10-12H2,2H3,(H,20,24). The minimum Gasteiger partial charge on any atom is -0.273 e. The van der Waals surface area contributed by atoms with Gasteiger partial charge in [0, 0.05) is 31.2 Å². The molecule has 0 saturated carbocycles. The number of carbonyl (C=O) groups excluding carboxylic acids is 1. The lowest BCUT2D eigenvalue weighted by Gasteiger charge is -2.10. The van der Waals surface area contributed by atoms with Gasteiger partial charge < -0.3 is 0 Å². The third-order valence-corrected chi connectivity index (χ3v) is 4.00. The molecule has 24 heavy (non-hydrogen) atoms. The summed E-state index contributed by atoms with van der Waals surface area (Å²) in [5.74, 6) is 3.22. The van der Waals surface area contributed by atoms with E-state index in [0.29, 0.717) is 25.7 Å². The van der Waals surface area contributed by atoms with E-state index in [2.05, 4.69) is 26.6 Å². The molecule has 3 rings (SSSR count). The molecule has 1 aliphatic rings. The van der Waals surface area contributed by atoms with Gasteiger partial charge in [0.2, 0.25) is 5.91 Å². The van der Waals surface area contributed by atoms with Crippen LogP contribution < -0.4 is 5.43 Å². The Morgan fingerprint density at radius 2 is 2.04 bits per heavy atom. The molecule has 1 aromatic heterocycles. The maximum Gasteiger partial charge on any atom is 0.239 e. The van der Waals surface area contributed by atoms with Crippen molar-refractivity contribution in [2.45, 2.75) is 38.3 Å². The fraction of sp³-hybridized carbons (Fsp3) is 0.333. The number of hydrogen-bond donors (Lipinski definition) is 1. The third-order valence-electron chi connectivity index (χ3n) is 4.00. The highest BCUT2D eigenvalue weighted by Gasteiger charge is 2.39. The highest BCUT2D eigenvalue weighted by atomic mass is 16.2. The summed E-state index contributed by atoms with van der Waals surface area (Å²) in [5, 5.41) is 8.08. The Morgan fingerprint density at radius 3 is 2.71 bits per heavy atom. The number of rotatable bonds is 7. The second kappa shape index (κ2) is 6.67. The summed E-state index contributed by atoms with van der Waals surface area (Å²) in [6.45, 7) is 1.85. The minimum atomic E-state index is -0.428. The zero-order valence-electron chi connectivity index (χ0n) is 13.6. The fourth-order valence-corrected chi connectivity index (χ4v) is 2.51. The first-order valence-corrected chi connectivity index (χ1v) is 7.91. The van der Waals surface area contributed by atoms with Crippen LogP contribution >= 0.6 is 0 Å². The number of aromatic nitrogens is 2. The number of carbonyl (C=O) groups is 1. The van der Waals surface area contributed by atoms with E-state index in [4.69, 9.17) is 6.42 Å². The van der Waals surface area contributed by atoms with Crippen molar-refractivity contribution >= 4 is 5.91 Å². The molecule has 1 amide bonds. The third kappa shape index (κ3) is 3.69. The summed E-state index contributed by atoms with van der Waals surface area (Å²) in [4.78, 5) is 16.7. The second-order valence-electron chi connectivity index (χ2n) is 5.83. The lowest BCUT2D eigenvalue weighted by atomic mass is 10.0. The van der Waals surface area contributed by atoms with E-state index in [1.165, 1.54) is 0 Å². The van der Waals surface area contributed by atoms with Crippen molar-refractivity contribution in [2.24, 2.45) is 10.2 Å². The monoisotopic (exact) mass is 321 g/mol. The normalized spacial score (nSPS) is 14.2. The van der Waals surface area contributed by atoms with Crippen LogP contribution in [0.2, 0.25) is 0 Å². The lowest BCUT2D eigenvalue weighted by Crippen LogP contribution is -2.25. The number of nitrogens with zero attached hydrogens (tertiary/aromatic N) is 4. The Labute approximate surface area is 141 Å². The molecule has 1 aliphatic heterocycles. The predicted octanol–water partition coefficient (Wildman–Crippen LogP) is 3.28. The van der Waals surface area contributed by atoms with E-state index in [0.717, 1.165) is 17.1 Å². The highest BCUT2D eigenvalue weighted by molar-refractivity contribution is 5.84. The average Bonchev–Trinajstić information content (AvgIpc) is 3.29. The van der Waals surface area contributed by atoms with Crippen LogP contribution in [-0.4, -0.2) is 21.2 Å². The molecule has 2 aromatic rings. The summed E-state index contributed by atoms with van der Waals surface area (Å²) in [6.07, 6.45) is 9.34. The molecule has 6 heteroatoms. The lowest BCUT2D eigenvalue weighted by molar-refractivity contribution is -0.117. The number of amides is 1. The molecule has 0 bridgehead atoms. The highest BCUT2D eigenvalue weighted by Crippen LogP contribution is 2.37. The average molecular weight is 321 g/mol. The fourth-order valence-electron chi connectivity index (χ4n) is 2.51. The van der Waals surface area contributed by atoms with Gasteiger partial charge >= 0.3 is 0 Å². The van der Waals surface area contributed by atoms with Crippen molar-refractivity contribution in [3.63, 3.8) is 0 Å². The van der Waals surface area contributed by atoms with Crippen LogP contribution in [0, 0.1) is 19.3 Å². The summed E-state index contributed by atoms with van der Waals surface area (Å²) < 4.78 is 1.65. The molecule has 0 atom stereocenters. The van der Waals surface area contributed by atoms with Gasteiger partial charge in [0.05, 0.1) is 11.9 Å². The smallest absolute Gasteiger partial charge is 0.239 e. The Bertz CT molecular complexity index is 795. The van der Waals surface area contributed by atoms with E-state index in [-0.39, 0.29) is 5.91 Å². The summed E-state index contributed by atoms with van der Waals surface area (Å²) in [5.41, 5.74) is 4.26. The molecular weight excluding hydrogens is 302 g/mol. The molecule has 0 saturated heterocycles. The SMILES string of the molecule is C#CCCC1(CCC(=O)Nn2cc(-c3ccccc3)nc2C)N=N1. The van der Waals surface area contributed by atoms with Crippen LogP contribution in [-0.2, 0) is 4.79 Å². The molecule has 6 nitrogen and oxygen atoms in total. The van der Waals surface area contributed by atoms with Gasteiger partial charge in [-0.05, 0) is 6.92 Å². The molecule has 0 radical (unpaired) electrons. The van der Waals surface area contributed by atoms with E-state index in [9.17, 15) is 4.79 Å². The molecule has 0 fully saturated rings. The molecule has 0 aliphatic carbocycles. The number of nitrogens with one attached hydrogen (secondary N) is 1. The van der Waals surface area contributed by atoms with Gasteiger partial charge in [0.25, 0.3) is 0 Å². The van der Waals surface area contributed by atoms with Crippen LogP contribution in [0.5, 0.6) is 0 Å². The number of terminal acetylenes is 1. The Hall–Kier alpha value is -2.94. The second-order valence-corrected chi connectivity index (χ2v) is 5.83. The maximum atomic E-state index is 12.2. The maximum absolute atomic E-state index is 12.2. The van der Waals surface area contributed by atoms with Crippen LogP contribution in [0.4, 0.5) is 0 Å². The first-order valence-electron chi connectivity index (χ1n) is 7.91. The zero-order valence-corrected chi connectivity index (χ0v) is 13.6. The Kier molecular flexibility index (Phi) is 4.43. The first kappa shape index (κ1) is 15.9. The quantitative estimate of drug-likeness (QED) is 0.795. The molecule has 0 unspecified atom stereocenters. The van der Waals surface area contributed by atoms with Crippen molar-refractivity contribution in [3.05, 3.63) is 42.4 Å². The van der Waals surface area contributed by atoms with Gasteiger partial charge in [0.1, 0.15) is 5.82 Å². The van der Waals surface area contributed by atoms with Crippen LogP contribution in [0.3, 0.4) is 0 Å². The number of imidazole rings is 1. The van der Waals surface area contributed by atoms with Crippen molar-refractivity contribution in [2.75, 3.05) is 5.43 Å². The topological polar surface area (TPSA) is 71.6 Å². The van der Waals surface area contributed by atoms with Gasteiger partial charge in [-0.25, -0.2) is 9.66 Å². The molecule has 1 N–H and O–H groups in total. The first-order chi connectivity index (χ1) is 11.6. The van der Waals surface area contributed by atoms with E-state index < -0.39 is 5.66 Å². The summed E-state index contributed by atoms with van der Waals surface area (Å²) in [6, 6.07) is 9.85. The van der Waals surface area contributed by atoms with E-state index >= 15 is 0 Å². The van der Waals surface area contributed by atoms with Crippen molar-refractivity contribution in [3.8, 4) is 23.6 Å². The van der Waals surface area contributed by atoms with Gasteiger partial charge in [-0.2, -0.15) is 10.2 Å². The van der Waals surface area contributed by atoms with Crippen molar-refractivity contribution in [1.82, 2.24) is 9.66 Å². The summed E-state index contributed by atoms with van der Waals surface area (Å²) >= 11 is 0. The Balaban J connectivity index is 1.57. The van der Waals surface area contributed by atoms with Crippen LogP contribution in [0.1, 0.15) is 31.5 Å². The summed E-state index contributed by atoms with van der Waals surface area (Å²) in [7, 11) is 0. The Morgan fingerprint density at radius 1 is 1.29 bits per heavy atom. The van der Waals surface area contributed by atoms with Gasteiger partial charge in [-0.3, -0.25) is 10.2 Å². The van der Waals surface area contributed by atoms with Gasteiger partial charge in [-0.15, -0.1) is 12.3 Å². The number of benzene rings is 1. The molecule has 122 valence electrons. The minimum absolute atomic E-state index is 0.0903. The molecular formula is C18H19N5O. The van der Waals surface area contributed by atoms with Crippen molar-refractivity contribution < 1.29 is 4.79 Å². The molecule has 0 spiro atoms. The predicted molar refractivity (Wildman–Crippen MR) is 91.7 cm³/mol. The number of aryl methyl sites for hydroxylation is 1. The van der Waals surface area contributed by atoms with E-state index in [1.807, 2.05) is 43.5 Å². The zero-order chi connectivity index (χ0) is 17.0. The van der Waals surface area contributed by atoms with Crippen molar-refractivity contribution in [1.29, 1.82) is 0 Å². The van der Waals surface area contributed by atoms with E-state index in [1.54, 1.807) is 4.68 Å². The molecule has 1 aromatic carbocycles.